The highest BCUT2D eigenvalue weighted by Crippen LogP contribution is 2.32. The van der Waals surface area contributed by atoms with Gasteiger partial charge in [-0.3, -0.25) is 14.3 Å². The predicted molar refractivity (Wildman–Crippen MR) is 83.2 cm³/mol. The average Bonchev–Trinajstić information content (AvgIpc) is 2.98. The molecule has 1 aliphatic heterocycles. The summed E-state index contributed by atoms with van der Waals surface area (Å²) in [6.07, 6.45) is 3.04. The average molecular weight is 314 g/mol. The molecule has 0 saturated heterocycles. The van der Waals surface area contributed by atoms with Crippen molar-refractivity contribution in [3.05, 3.63) is 41.7 Å². The second-order valence-electron chi connectivity index (χ2n) is 5.82. The summed E-state index contributed by atoms with van der Waals surface area (Å²) in [4.78, 5) is 25.3. The fraction of sp³-hybridized carbons (Fsp3) is 0.375. The number of aliphatic carboxylic acids is 1. The minimum atomic E-state index is -0.810. The van der Waals surface area contributed by atoms with E-state index in [1.165, 1.54) is 4.68 Å². The molecule has 0 fully saturated rings. The van der Waals surface area contributed by atoms with Gasteiger partial charge in [0.2, 0.25) is 0 Å². The lowest BCUT2D eigenvalue weighted by atomic mass is 9.89. The number of benzene rings is 1. The first-order valence-electron chi connectivity index (χ1n) is 7.52. The Morgan fingerprint density at radius 1 is 1.35 bits per heavy atom. The van der Waals surface area contributed by atoms with Crippen LogP contribution in [0.2, 0.25) is 0 Å². The van der Waals surface area contributed by atoms with E-state index in [2.05, 4.69) is 10.3 Å². The van der Waals surface area contributed by atoms with E-state index in [0.29, 0.717) is 18.7 Å². The molecule has 120 valence electrons. The zero-order chi connectivity index (χ0) is 16.4. The summed E-state index contributed by atoms with van der Waals surface area (Å²) in [6.45, 7) is 0.500. The largest absolute Gasteiger partial charge is 0.481 e. The second kappa shape index (κ2) is 6.20. The smallest absolute Gasteiger partial charge is 0.303 e. The Labute approximate surface area is 133 Å². The zero-order valence-corrected chi connectivity index (χ0v) is 12.8. The first kappa shape index (κ1) is 15.2. The second-order valence-corrected chi connectivity index (χ2v) is 5.82. The first-order valence-corrected chi connectivity index (χ1v) is 7.52. The lowest BCUT2D eigenvalue weighted by molar-refractivity contribution is -0.137. The molecule has 0 radical (unpaired) electrons. The lowest BCUT2D eigenvalue weighted by Crippen LogP contribution is -2.40. The fourth-order valence-corrected chi connectivity index (χ4v) is 2.98. The van der Waals surface area contributed by atoms with Crippen molar-refractivity contribution < 1.29 is 14.7 Å². The number of amides is 1. The van der Waals surface area contributed by atoms with Gasteiger partial charge >= 0.3 is 5.97 Å². The van der Waals surface area contributed by atoms with Gasteiger partial charge in [-0.25, -0.2) is 0 Å². The van der Waals surface area contributed by atoms with E-state index in [1.807, 2.05) is 24.3 Å². The van der Waals surface area contributed by atoms with E-state index in [-0.39, 0.29) is 18.2 Å². The Balaban J connectivity index is 1.88. The van der Waals surface area contributed by atoms with Crippen LogP contribution in [0.25, 0.3) is 0 Å². The van der Waals surface area contributed by atoms with Crippen molar-refractivity contribution in [1.82, 2.24) is 15.0 Å². The van der Waals surface area contributed by atoms with Crippen molar-refractivity contribution in [2.24, 2.45) is 13.0 Å². The van der Waals surface area contributed by atoms with Gasteiger partial charge in [0.1, 0.15) is 0 Å². The van der Waals surface area contributed by atoms with E-state index in [1.54, 1.807) is 18.1 Å². The van der Waals surface area contributed by atoms with Crippen molar-refractivity contribution in [1.29, 1.82) is 0 Å². The fourth-order valence-electron chi connectivity index (χ4n) is 2.98. The summed E-state index contributed by atoms with van der Waals surface area (Å²) in [5.74, 6) is -0.886. The van der Waals surface area contributed by atoms with E-state index >= 15 is 0 Å². The van der Waals surface area contributed by atoms with Crippen LogP contribution in [0.1, 0.15) is 28.9 Å². The number of para-hydroxylation sites is 1. The summed E-state index contributed by atoms with van der Waals surface area (Å²) in [6, 6.07) is 7.73. The molecule has 1 atom stereocenters. The summed E-state index contributed by atoms with van der Waals surface area (Å²) in [7, 11) is 1.71. The first-order chi connectivity index (χ1) is 11.0. The number of aromatic nitrogens is 3. The predicted octanol–water partition coefficient (Wildman–Crippen LogP) is 1.50. The molecule has 1 aliphatic rings. The molecule has 1 aromatic carbocycles. The molecule has 0 bridgehead atoms. The van der Waals surface area contributed by atoms with Crippen LogP contribution in [0.4, 0.5) is 5.69 Å². The van der Waals surface area contributed by atoms with Gasteiger partial charge in [0.25, 0.3) is 5.91 Å². The molecule has 0 spiro atoms. The summed E-state index contributed by atoms with van der Waals surface area (Å²) < 4.78 is 1.49. The highest BCUT2D eigenvalue weighted by Gasteiger charge is 2.30. The van der Waals surface area contributed by atoms with Crippen LogP contribution in [0.15, 0.2) is 30.5 Å². The standard InChI is InChI=1S/C16H18N4O3/c1-19-10-13(17-18-19)16(23)20-9-11(6-7-15(21)22)8-12-4-2-3-5-14(12)20/h2-5,10-11H,6-9H2,1H3,(H,21,22). The Morgan fingerprint density at radius 3 is 2.83 bits per heavy atom. The van der Waals surface area contributed by atoms with Crippen LogP contribution in [-0.2, 0) is 18.3 Å². The van der Waals surface area contributed by atoms with Gasteiger partial charge in [-0.1, -0.05) is 23.4 Å². The number of hydrogen-bond donors (Lipinski definition) is 1. The molecule has 1 amide bonds. The van der Waals surface area contributed by atoms with Gasteiger partial charge in [-0.15, -0.1) is 5.10 Å². The van der Waals surface area contributed by atoms with E-state index in [4.69, 9.17) is 5.11 Å². The highest BCUT2D eigenvalue weighted by molar-refractivity contribution is 6.05. The number of anilines is 1. The van der Waals surface area contributed by atoms with Crippen LogP contribution < -0.4 is 4.90 Å². The van der Waals surface area contributed by atoms with Gasteiger partial charge in [0.15, 0.2) is 5.69 Å². The maximum absolute atomic E-state index is 12.8. The number of nitrogens with zero attached hydrogens (tertiary/aromatic N) is 4. The molecule has 1 aromatic heterocycles. The Hall–Kier alpha value is -2.70. The third-order valence-electron chi connectivity index (χ3n) is 4.07. The molecule has 23 heavy (non-hydrogen) atoms. The summed E-state index contributed by atoms with van der Waals surface area (Å²) in [5, 5.41) is 16.6. The van der Waals surface area contributed by atoms with Crippen LogP contribution in [0.3, 0.4) is 0 Å². The van der Waals surface area contributed by atoms with E-state index in [0.717, 1.165) is 17.7 Å². The molecule has 1 unspecified atom stereocenters. The quantitative estimate of drug-likeness (QED) is 0.924. The maximum Gasteiger partial charge on any atom is 0.303 e. The van der Waals surface area contributed by atoms with Crippen LogP contribution in [-0.4, -0.2) is 38.5 Å². The molecule has 0 saturated carbocycles. The number of carbonyl (C=O) groups is 2. The molecule has 2 aromatic rings. The number of hydrogen-bond acceptors (Lipinski definition) is 4. The van der Waals surface area contributed by atoms with Crippen LogP contribution >= 0.6 is 0 Å². The van der Waals surface area contributed by atoms with Gasteiger partial charge in [-0.2, -0.15) is 0 Å². The third kappa shape index (κ3) is 3.23. The van der Waals surface area contributed by atoms with Crippen molar-refractivity contribution in [2.75, 3.05) is 11.4 Å². The minimum Gasteiger partial charge on any atom is -0.481 e. The van der Waals surface area contributed by atoms with Crippen molar-refractivity contribution in [3.8, 4) is 0 Å². The van der Waals surface area contributed by atoms with Gasteiger partial charge in [-0.05, 0) is 30.4 Å². The molecular formula is C16H18N4O3. The number of fused-ring (bicyclic) bond motifs is 1. The molecule has 3 rings (SSSR count). The number of carbonyl (C=O) groups excluding carboxylic acids is 1. The number of carboxylic acid groups (broad SMARTS) is 1. The molecule has 0 aliphatic carbocycles. The maximum atomic E-state index is 12.8. The van der Waals surface area contributed by atoms with Gasteiger partial charge in [0, 0.05) is 25.7 Å². The molecule has 2 heterocycles. The minimum absolute atomic E-state index is 0.111. The van der Waals surface area contributed by atoms with Gasteiger partial charge in [0.05, 0.1) is 6.20 Å². The van der Waals surface area contributed by atoms with Crippen LogP contribution in [0, 0.1) is 5.92 Å². The van der Waals surface area contributed by atoms with E-state index < -0.39 is 5.97 Å². The van der Waals surface area contributed by atoms with Crippen molar-refractivity contribution in [3.63, 3.8) is 0 Å². The topological polar surface area (TPSA) is 88.3 Å². The normalized spacial score (nSPS) is 16.9. The molecule has 1 N–H and O–H groups in total. The number of aryl methyl sites for hydroxylation is 1. The van der Waals surface area contributed by atoms with Gasteiger partial charge < -0.3 is 10.0 Å². The van der Waals surface area contributed by atoms with Crippen molar-refractivity contribution in [2.45, 2.75) is 19.3 Å². The monoisotopic (exact) mass is 314 g/mol. The summed E-state index contributed by atoms with van der Waals surface area (Å²) >= 11 is 0. The van der Waals surface area contributed by atoms with Crippen LogP contribution in [0.5, 0.6) is 0 Å². The molecule has 7 heteroatoms. The Kier molecular flexibility index (Phi) is 4.10. The molecular weight excluding hydrogens is 296 g/mol. The Bertz CT molecular complexity index is 740. The lowest BCUT2D eigenvalue weighted by Gasteiger charge is -2.34. The number of carboxylic acids is 1. The Morgan fingerprint density at radius 2 is 2.13 bits per heavy atom. The molecule has 7 nitrogen and oxygen atoms in total. The van der Waals surface area contributed by atoms with Crippen molar-refractivity contribution >= 4 is 17.6 Å². The number of rotatable bonds is 4. The SMILES string of the molecule is Cn1cc(C(=O)N2CC(CCC(=O)O)Cc3ccccc32)nn1. The van der Waals surface area contributed by atoms with E-state index in [9.17, 15) is 9.59 Å². The summed E-state index contributed by atoms with van der Waals surface area (Å²) in [5.41, 5.74) is 2.22. The zero-order valence-electron chi connectivity index (χ0n) is 12.8. The third-order valence-corrected chi connectivity index (χ3v) is 4.07. The highest BCUT2D eigenvalue weighted by atomic mass is 16.4.